The third kappa shape index (κ3) is 2.05. The van der Waals surface area contributed by atoms with Gasteiger partial charge in [0.1, 0.15) is 5.15 Å². The summed E-state index contributed by atoms with van der Waals surface area (Å²) in [7, 11) is 0. The molecule has 0 radical (unpaired) electrons. The van der Waals surface area contributed by atoms with E-state index < -0.39 is 0 Å². The fourth-order valence-corrected chi connectivity index (χ4v) is 0.947. The van der Waals surface area contributed by atoms with Crippen LogP contribution in [0.5, 0.6) is 0 Å². The largest absolute Gasteiger partial charge is 0.368 e. The smallest absolute Gasteiger partial charge is 0.221 e. The molecule has 0 atom stereocenters. The van der Waals surface area contributed by atoms with Gasteiger partial charge in [-0.2, -0.15) is 0 Å². The lowest BCUT2D eigenvalue weighted by Gasteiger charge is -2.03. The summed E-state index contributed by atoms with van der Waals surface area (Å²) in [5.74, 6) is 0.569. The van der Waals surface area contributed by atoms with E-state index in [0.29, 0.717) is 11.1 Å². The van der Waals surface area contributed by atoms with E-state index in [1.165, 1.54) is 0 Å². The summed E-state index contributed by atoms with van der Waals surface area (Å²) in [4.78, 5) is 7.76. The highest BCUT2D eigenvalue weighted by molar-refractivity contribution is 6.29. The fraction of sp³-hybridized carbons (Fsp3) is 0.429. The van der Waals surface area contributed by atoms with Gasteiger partial charge in [0.2, 0.25) is 5.95 Å². The quantitative estimate of drug-likeness (QED) is 0.656. The Morgan fingerprint density at radius 1 is 1.45 bits per heavy atom. The Bertz CT molecular complexity index is 240. The van der Waals surface area contributed by atoms with Crippen molar-refractivity contribution < 1.29 is 0 Å². The van der Waals surface area contributed by atoms with Crippen molar-refractivity contribution in [1.82, 2.24) is 9.97 Å². The minimum absolute atomic E-state index is 0.237. The van der Waals surface area contributed by atoms with Crippen molar-refractivity contribution in [1.29, 1.82) is 0 Å². The first-order valence-corrected chi connectivity index (χ1v) is 3.77. The number of rotatable bonds is 1. The topological polar surface area (TPSA) is 51.8 Å². The molecule has 0 fully saturated rings. The van der Waals surface area contributed by atoms with Gasteiger partial charge in [-0.05, 0) is 12.0 Å². The molecule has 0 saturated heterocycles. The van der Waals surface area contributed by atoms with Gasteiger partial charge < -0.3 is 5.73 Å². The van der Waals surface area contributed by atoms with Gasteiger partial charge in [-0.25, -0.2) is 9.97 Å². The van der Waals surface area contributed by atoms with E-state index in [4.69, 9.17) is 17.3 Å². The third-order valence-corrected chi connectivity index (χ3v) is 1.52. The summed E-state index contributed by atoms with van der Waals surface area (Å²) < 4.78 is 0. The van der Waals surface area contributed by atoms with E-state index >= 15 is 0 Å². The lowest BCUT2D eigenvalue weighted by Crippen LogP contribution is -2.00. The van der Waals surface area contributed by atoms with Crippen LogP contribution in [0.4, 0.5) is 5.95 Å². The summed E-state index contributed by atoms with van der Waals surface area (Å²) in [5, 5.41) is 0.404. The number of nitrogens with zero attached hydrogens (tertiary/aromatic N) is 2. The highest BCUT2D eigenvalue weighted by Crippen LogP contribution is 2.15. The molecule has 0 aliphatic carbocycles. The molecule has 0 bridgehead atoms. The summed E-state index contributed by atoms with van der Waals surface area (Å²) >= 11 is 5.66. The molecule has 1 rings (SSSR count). The molecule has 0 amide bonds. The van der Waals surface area contributed by atoms with Crippen LogP contribution in [0.15, 0.2) is 6.07 Å². The first kappa shape index (κ1) is 8.27. The molecule has 0 aromatic carbocycles. The van der Waals surface area contributed by atoms with Crippen LogP contribution in [-0.4, -0.2) is 9.97 Å². The van der Waals surface area contributed by atoms with Crippen LogP contribution in [-0.2, 0) is 0 Å². The molecule has 0 aliphatic heterocycles. The minimum Gasteiger partial charge on any atom is -0.368 e. The van der Waals surface area contributed by atoms with Gasteiger partial charge in [-0.3, -0.25) is 0 Å². The number of nitrogen functional groups attached to an aromatic ring is 1. The Morgan fingerprint density at radius 3 is 2.55 bits per heavy atom. The molecule has 0 aliphatic rings. The highest BCUT2D eigenvalue weighted by atomic mass is 35.5. The number of hydrogen-bond donors (Lipinski definition) is 1. The van der Waals surface area contributed by atoms with Crippen molar-refractivity contribution in [2.24, 2.45) is 0 Å². The third-order valence-electron chi connectivity index (χ3n) is 1.32. The fourth-order valence-electron chi connectivity index (χ4n) is 0.749. The molecule has 0 saturated carbocycles. The second-order valence-corrected chi connectivity index (χ2v) is 3.02. The molecule has 1 aromatic rings. The van der Waals surface area contributed by atoms with Crippen molar-refractivity contribution in [3.8, 4) is 0 Å². The van der Waals surface area contributed by atoms with Crippen LogP contribution in [0.2, 0.25) is 5.15 Å². The standard InChI is InChI=1S/C7H10ClN3/c1-4(2)5-3-6(8)11-7(9)10-5/h3-4H,1-2H3,(H2,9,10,11). The van der Waals surface area contributed by atoms with Crippen molar-refractivity contribution in [3.63, 3.8) is 0 Å². The first-order chi connectivity index (χ1) is 5.09. The number of anilines is 1. The van der Waals surface area contributed by atoms with Gasteiger partial charge >= 0.3 is 0 Å². The molecule has 1 heterocycles. The number of halogens is 1. The summed E-state index contributed by atoms with van der Waals surface area (Å²) in [6, 6.07) is 1.72. The number of hydrogen-bond acceptors (Lipinski definition) is 3. The van der Waals surface area contributed by atoms with Crippen LogP contribution in [0, 0.1) is 0 Å². The van der Waals surface area contributed by atoms with Gasteiger partial charge in [0.05, 0.1) is 0 Å². The summed E-state index contributed by atoms with van der Waals surface area (Å²) in [6.45, 7) is 4.05. The van der Waals surface area contributed by atoms with Crippen LogP contribution in [0.25, 0.3) is 0 Å². The van der Waals surface area contributed by atoms with Gasteiger partial charge in [0.25, 0.3) is 0 Å². The Morgan fingerprint density at radius 2 is 2.09 bits per heavy atom. The predicted molar refractivity (Wildman–Crippen MR) is 45.5 cm³/mol. The molecule has 11 heavy (non-hydrogen) atoms. The van der Waals surface area contributed by atoms with E-state index in [1.54, 1.807) is 6.07 Å². The van der Waals surface area contributed by atoms with E-state index in [0.717, 1.165) is 5.69 Å². The molecule has 2 N–H and O–H groups in total. The maximum Gasteiger partial charge on any atom is 0.221 e. The van der Waals surface area contributed by atoms with Crippen LogP contribution in [0.3, 0.4) is 0 Å². The minimum atomic E-state index is 0.237. The number of aromatic nitrogens is 2. The zero-order chi connectivity index (χ0) is 8.43. The Kier molecular flexibility index (Phi) is 2.29. The molecule has 4 heteroatoms. The van der Waals surface area contributed by atoms with Gasteiger partial charge in [0.15, 0.2) is 0 Å². The predicted octanol–water partition coefficient (Wildman–Crippen LogP) is 1.84. The molecule has 0 spiro atoms. The maximum atomic E-state index is 5.66. The van der Waals surface area contributed by atoms with E-state index in [1.807, 2.05) is 13.8 Å². The van der Waals surface area contributed by atoms with Crippen molar-refractivity contribution in [2.75, 3.05) is 5.73 Å². The zero-order valence-corrected chi connectivity index (χ0v) is 7.26. The molecule has 3 nitrogen and oxygen atoms in total. The average molecular weight is 172 g/mol. The maximum absolute atomic E-state index is 5.66. The van der Waals surface area contributed by atoms with Gasteiger partial charge in [0, 0.05) is 5.69 Å². The van der Waals surface area contributed by atoms with E-state index in [-0.39, 0.29) is 5.95 Å². The van der Waals surface area contributed by atoms with Crippen molar-refractivity contribution >= 4 is 17.5 Å². The van der Waals surface area contributed by atoms with Crippen molar-refractivity contribution in [3.05, 3.63) is 16.9 Å². The van der Waals surface area contributed by atoms with Crippen LogP contribution >= 0.6 is 11.6 Å². The Balaban J connectivity index is 3.08. The molecule has 0 unspecified atom stereocenters. The lowest BCUT2D eigenvalue weighted by molar-refractivity contribution is 0.818. The molecular formula is C7H10ClN3. The molecule has 1 aromatic heterocycles. The first-order valence-electron chi connectivity index (χ1n) is 3.39. The Hall–Kier alpha value is -0.830. The van der Waals surface area contributed by atoms with Crippen LogP contribution in [0.1, 0.15) is 25.5 Å². The van der Waals surface area contributed by atoms with Gasteiger partial charge in [-0.1, -0.05) is 25.4 Å². The normalized spacial score (nSPS) is 10.5. The SMILES string of the molecule is CC(C)c1cc(Cl)nc(N)n1. The van der Waals surface area contributed by atoms with Crippen molar-refractivity contribution in [2.45, 2.75) is 19.8 Å². The number of nitrogens with two attached hydrogens (primary N) is 1. The highest BCUT2D eigenvalue weighted by Gasteiger charge is 2.03. The molecular weight excluding hydrogens is 162 g/mol. The Labute approximate surface area is 70.6 Å². The average Bonchev–Trinajstić information content (AvgIpc) is 1.85. The molecule has 60 valence electrons. The van der Waals surface area contributed by atoms with Gasteiger partial charge in [-0.15, -0.1) is 0 Å². The van der Waals surface area contributed by atoms with E-state index in [2.05, 4.69) is 9.97 Å². The monoisotopic (exact) mass is 171 g/mol. The lowest BCUT2D eigenvalue weighted by atomic mass is 10.1. The zero-order valence-electron chi connectivity index (χ0n) is 6.50. The summed E-state index contributed by atoms with van der Waals surface area (Å²) in [6.07, 6.45) is 0. The summed E-state index contributed by atoms with van der Waals surface area (Å²) in [5.41, 5.74) is 6.27. The van der Waals surface area contributed by atoms with E-state index in [9.17, 15) is 0 Å². The second-order valence-electron chi connectivity index (χ2n) is 2.63. The van der Waals surface area contributed by atoms with Crippen LogP contribution < -0.4 is 5.73 Å². The second kappa shape index (κ2) is 3.05.